The molecule has 0 aromatic carbocycles. The average molecular weight is 1150 g/mol. The monoisotopic (exact) mass is 1150 g/mol. The van der Waals surface area contributed by atoms with E-state index in [0.29, 0.717) is 12.8 Å². The number of carbonyl (C=O) groups excluding carboxylic acids is 3. The minimum atomic E-state index is -0.797. The lowest BCUT2D eigenvalue weighted by Crippen LogP contribution is -2.30. The Morgan fingerprint density at radius 3 is 0.747 bits per heavy atom. The van der Waals surface area contributed by atoms with Gasteiger partial charge in [0.25, 0.3) is 0 Å². The number of esters is 3. The molecule has 0 spiro atoms. The summed E-state index contributed by atoms with van der Waals surface area (Å²) in [7, 11) is 0. The van der Waals surface area contributed by atoms with Gasteiger partial charge in [0.1, 0.15) is 13.2 Å². The van der Waals surface area contributed by atoms with E-state index in [2.05, 4.69) is 142 Å². The van der Waals surface area contributed by atoms with E-state index in [1.54, 1.807) is 0 Å². The largest absolute Gasteiger partial charge is 0.462 e. The fourth-order valence-corrected chi connectivity index (χ4v) is 9.79. The molecule has 1 unspecified atom stereocenters. The third kappa shape index (κ3) is 68.5. The van der Waals surface area contributed by atoms with Crippen molar-refractivity contribution in [2.75, 3.05) is 13.2 Å². The van der Waals surface area contributed by atoms with Crippen molar-refractivity contribution in [3.63, 3.8) is 0 Å². The maximum Gasteiger partial charge on any atom is 0.306 e. The Bertz CT molecular complexity index is 1700. The average Bonchev–Trinajstić information content (AvgIpc) is 3.49. The second kappa shape index (κ2) is 70.3. The van der Waals surface area contributed by atoms with Crippen molar-refractivity contribution in [1.29, 1.82) is 0 Å². The second-order valence-electron chi connectivity index (χ2n) is 23.0. The summed E-state index contributed by atoms with van der Waals surface area (Å²) in [6.07, 6.45) is 97.9. The molecular formula is C77H130O6. The Kier molecular flexibility index (Phi) is 66.7. The summed E-state index contributed by atoms with van der Waals surface area (Å²) >= 11 is 0. The van der Waals surface area contributed by atoms with Crippen LogP contribution in [0.5, 0.6) is 0 Å². The molecule has 0 rings (SSSR count). The molecule has 0 heterocycles. The van der Waals surface area contributed by atoms with Gasteiger partial charge in [-0.1, -0.05) is 322 Å². The van der Waals surface area contributed by atoms with Gasteiger partial charge in [0.2, 0.25) is 0 Å². The van der Waals surface area contributed by atoms with Crippen LogP contribution in [-0.2, 0) is 28.6 Å². The molecule has 0 aliphatic heterocycles. The number of hydrogen-bond acceptors (Lipinski definition) is 6. The van der Waals surface area contributed by atoms with Gasteiger partial charge in [0.05, 0.1) is 0 Å². The van der Waals surface area contributed by atoms with E-state index in [9.17, 15) is 14.4 Å². The van der Waals surface area contributed by atoms with E-state index < -0.39 is 6.10 Å². The third-order valence-electron chi connectivity index (χ3n) is 15.0. The quantitative estimate of drug-likeness (QED) is 0.0261. The zero-order chi connectivity index (χ0) is 59.9. The van der Waals surface area contributed by atoms with Gasteiger partial charge in [-0.3, -0.25) is 14.4 Å². The van der Waals surface area contributed by atoms with Gasteiger partial charge in [-0.2, -0.15) is 0 Å². The summed E-state index contributed by atoms with van der Waals surface area (Å²) in [6, 6.07) is 0. The summed E-state index contributed by atoms with van der Waals surface area (Å²) in [5.74, 6) is -0.909. The molecule has 0 N–H and O–H groups in total. The summed E-state index contributed by atoms with van der Waals surface area (Å²) in [6.45, 7) is 6.42. The lowest BCUT2D eigenvalue weighted by molar-refractivity contribution is -0.167. The normalized spacial score (nSPS) is 12.9. The van der Waals surface area contributed by atoms with E-state index in [-0.39, 0.29) is 37.5 Å². The van der Waals surface area contributed by atoms with Crippen LogP contribution in [0.3, 0.4) is 0 Å². The van der Waals surface area contributed by atoms with E-state index in [4.69, 9.17) is 14.2 Å². The maximum absolute atomic E-state index is 12.9. The van der Waals surface area contributed by atoms with Crippen LogP contribution in [-0.4, -0.2) is 37.2 Å². The van der Waals surface area contributed by atoms with Crippen molar-refractivity contribution in [3.8, 4) is 0 Å². The standard InChI is InChI=1S/C77H130O6/c1-4-7-10-13-16-19-22-25-28-30-32-33-34-35-36-37-38-39-40-41-42-43-45-46-49-52-55-58-61-64-67-70-76(79)82-73-74(72-81-75(78)69-66-63-60-57-54-51-48-27-24-21-18-15-12-9-6-3)83-77(80)71-68-65-62-59-56-53-50-47-44-31-29-26-23-20-17-14-11-8-5-2/h7-8,10-11,16-17,19-20,25-26,28-29,32-33,35-36,44,47,53,56,74H,4-6,9,12-15,18,21-24,27,30-31,34,37-43,45-46,48-52,54-55,57-73H2,1-3H3/b10-7-,11-8-,19-16-,20-17-,28-25-,29-26-,33-32-,36-35-,47-44-,56-53-. The lowest BCUT2D eigenvalue weighted by atomic mass is 10.0. The SMILES string of the molecule is CC/C=C\C/C=C\C/C=C\C/C=C\C/C=C\CCCCCCCCCCCCCCCCCC(=O)OCC(COC(=O)CCCCCCCCCCCCCCCCC)OC(=O)CCCCC/C=C\C/C=C\C/C=C\C/C=C\C/C=C\CC. The number of ether oxygens (including phenoxy) is 3. The van der Waals surface area contributed by atoms with E-state index >= 15 is 0 Å². The number of carbonyl (C=O) groups is 3. The van der Waals surface area contributed by atoms with Gasteiger partial charge in [-0.05, 0) is 109 Å². The first-order chi connectivity index (χ1) is 41.0. The molecule has 0 aliphatic carbocycles. The lowest BCUT2D eigenvalue weighted by Gasteiger charge is -2.18. The number of unbranched alkanes of at least 4 members (excludes halogenated alkanes) is 32. The molecule has 0 saturated carbocycles. The van der Waals surface area contributed by atoms with Gasteiger partial charge in [0.15, 0.2) is 6.10 Å². The first-order valence-electron chi connectivity index (χ1n) is 35.0. The highest BCUT2D eigenvalue weighted by atomic mass is 16.6. The highest BCUT2D eigenvalue weighted by Gasteiger charge is 2.19. The Hall–Kier alpha value is -4.19. The van der Waals surface area contributed by atoms with Crippen molar-refractivity contribution in [3.05, 3.63) is 122 Å². The molecule has 0 fully saturated rings. The van der Waals surface area contributed by atoms with Gasteiger partial charge in [-0.15, -0.1) is 0 Å². The van der Waals surface area contributed by atoms with Crippen LogP contribution in [0.25, 0.3) is 0 Å². The summed E-state index contributed by atoms with van der Waals surface area (Å²) in [5.41, 5.74) is 0. The Balaban J connectivity index is 4.30. The second-order valence-corrected chi connectivity index (χ2v) is 23.0. The molecule has 0 amide bonds. The Labute approximate surface area is 513 Å². The van der Waals surface area contributed by atoms with Crippen LogP contribution in [0.15, 0.2) is 122 Å². The number of rotatable bonds is 63. The maximum atomic E-state index is 12.9. The molecule has 0 saturated heterocycles. The zero-order valence-electron chi connectivity index (χ0n) is 54.4. The molecule has 1 atom stereocenters. The summed E-state index contributed by atoms with van der Waals surface area (Å²) in [4.78, 5) is 38.4. The minimum absolute atomic E-state index is 0.0892. The molecule has 6 nitrogen and oxygen atoms in total. The molecule has 0 aromatic heterocycles. The molecule has 0 aliphatic rings. The summed E-state index contributed by atoms with van der Waals surface area (Å²) < 4.78 is 17.0. The first kappa shape index (κ1) is 78.8. The van der Waals surface area contributed by atoms with Crippen LogP contribution in [0.2, 0.25) is 0 Å². The molecule has 474 valence electrons. The topological polar surface area (TPSA) is 78.9 Å². The van der Waals surface area contributed by atoms with Gasteiger partial charge >= 0.3 is 17.9 Å². The highest BCUT2D eigenvalue weighted by molar-refractivity contribution is 5.71. The summed E-state index contributed by atoms with van der Waals surface area (Å²) in [5, 5.41) is 0. The van der Waals surface area contributed by atoms with Crippen molar-refractivity contribution < 1.29 is 28.6 Å². The van der Waals surface area contributed by atoms with Crippen molar-refractivity contribution in [1.82, 2.24) is 0 Å². The van der Waals surface area contributed by atoms with E-state index in [0.717, 1.165) is 128 Å². The van der Waals surface area contributed by atoms with Crippen molar-refractivity contribution >= 4 is 17.9 Å². The third-order valence-corrected chi connectivity index (χ3v) is 15.0. The molecule has 0 bridgehead atoms. The van der Waals surface area contributed by atoms with Gasteiger partial charge in [-0.25, -0.2) is 0 Å². The number of allylic oxidation sites excluding steroid dienone is 20. The van der Waals surface area contributed by atoms with Crippen LogP contribution >= 0.6 is 0 Å². The smallest absolute Gasteiger partial charge is 0.306 e. The first-order valence-corrected chi connectivity index (χ1v) is 35.0. The zero-order valence-corrected chi connectivity index (χ0v) is 54.4. The number of hydrogen-bond donors (Lipinski definition) is 0. The van der Waals surface area contributed by atoms with Crippen LogP contribution in [0, 0.1) is 0 Å². The molecular weight excluding hydrogens is 1020 g/mol. The van der Waals surface area contributed by atoms with Crippen molar-refractivity contribution in [2.45, 2.75) is 335 Å². The van der Waals surface area contributed by atoms with Crippen LogP contribution in [0.4, 0.5) is 0 Å². The fourth-order valence-electron chi connectivity index (χ4n) is 9.79. The van der Waals surface area contributed by atoms with E-state index in [1.807, 2.05) is 0 Å². The minimum Gasteiger partial charge on any atom is -0.462 e. The van der Waals surface area contributed by atoms with Gasteiger partial charge < -0.3 is 14.2 Å². The molecule has 83 heavy (non-hydrogen) atoms. The Morgan fingerprint density at radius 1 is 0.253 bits per heavy atom. The Morgan fingerprint density at radius 2 is 0.470 bits per heavy atom. The predicted molar refractivity (Wildman–Crippen MR) is 362 cm³/mol. The fraction of sp³-hybridized carbons (Fsp3) is 0.701. The predicted octanol–water partition coefficient (Wildman–Crippen LogP) is 24.3. The van der Waals surface area contributed by atoms with Crippen molar-refractivity contribution in [2.24, 2.45) is 0 Å². The van der Waals surface area contributed by atoms with Crippen LogP contribution < -0.4 is 0 Å². The molecule has 0 radical (unpaired) electrons. The highest BCUT2D eigenvalue weighted by Crippen LogP contribution is 2.17. The van der Waals surface area contributed by atoms with E-state index in [1.165, 1.54) is 161 Å². The molecule has 0 aromatic rings. The molecule has 6 heteroatoms. The van der Waals surface area contributed by atoms with Gasteiger partial charge in [0, 0.05) is 19.3 Å². The van der Waals surface area contributed by atoms with Crippen LogP contribution in [0.1, 0.15) is 329 Å².